The molecule has 1 amide bonds. The van der Waals surface area contributed by atoms with Crippen LogP contribution in [0.25, 0.3) is 0 Å². The lowest BCUT2D eigenvalue weighted by Crippen LogP contribution is -2.32. The quantitative estimate of drug-likeness (QED) is 0.798. The predicted octanol–water partition coefficient (Wildman–Crippen LogP) is 2.94. The molecule has 0 fully saturated rings. The molecule has 0 saturated carbocycles. The fourth-order valence-corrected chi connectivity index (χ4v) is 2.17. The number of hydrogen-bond acceptors (Lipinski definition) is 2. The summed E-state index contributed by atoms with van der Waals surface area (Å²) < 4.78 is 0. The van der Waals surface area contributed by atoms with Crippen LogP contribution >= 0.6 is 11.8 Å². The molecule has 0 spiro atoms. The number of carbonyl (C=O) groups excluding carboxylic acids is 1. The molecule has 0 aliphatic carbocycles. The van der Waals surface area contributed by atoms with E-state index in [1.165, 1.54) is 4.90 Å². The van der Waals surface area contributed by atoms with Gasteiger partial charge in [-0.1, -0.05) is 39.0 Å². The normalized spacial score (nSPS) is 12.5. The van der Waals surface area contributed by atoms with Crippen LogP contribution in [0.5, 0.6) is 0 Å². The van der Waals surface area contributed by atoms with E-state index in [2.05, 4.69) is 24.4 Å². The zero-order valence-electron chi connectivity index (χ0n) is 10.1. The van der Waals surface area contributed by atoms with Crippen LogP contribution in [0.15, 0.2) is 35.2 Å². The van der Waals surface area contributed by atoms with Crippen molar-refractivity contribution >= 4 is 17.7 Å². The van der Waals surface area contributed by atoms with Gasteiger partial charge in [0.1, 0.15) is 0 Å². The Labute approximate surface area is 102 Å². The van der Waals surface area contributed by atoms with Crippen molar-refractivity contribution in [3.63, 3.8) is 0 Å². The number of carbonyl (C=O) groups is 1. The van der Waals surface area contributed by atoms with Crippen LogP contribution in [-0.4, -0.2) is 17.7 Å². The van der Waals surface area contributed by atoms with E-state index >= 15 is 0 Å². The molecular formula is C13H19NOS. The van der Waals surface area contributed by atoms with E-state index in [4.69, 9.17) is 0 Å². The zero-order valence-corrected chi connectivity index (χ0v) is 10.9. The number of rotatable bonds is 5. The van der Waals surface area contributed by atoms with Crippen molar-refractivity contribution < 1.29 is 4.79 Å². The Morgan fingerprint density at radius 2 is 1.88 bits per heavy atom. The van der Waals surface area contributed by atoms with Crippen molar-refractivity contribution in [1.29, 1.82) is 0 Å². The van der Waals surface area contributed by atoms with Crippen molar-refractivity contribution in [2.24, 2.45) is 5.92 Å². The van der Waals surface area contributed by atoms with Gasteiger partial charge in [0.2, 0.25) is 5.91 Å². The van der Waals surface area contributed by atoms with Crippen LogP contribution in [-0.2, 0) is 4.79 Å². The lowest BCUT2D eigenvalue weighted by molar-refractivity contribution is -0.123. The Kier molecular flexibility index (Phi) is 5.39. The maximum Gasteiger partial charge on any atom is 0.222 e. The van der Waals surface area contributed by atoms with Gasteiger partial charge in [-0.05, 0) is 12.1 Å². The van der Waals surface area contributed by atoms with Crippen molar-refractivity contribution in [3.05, 3.63) is 30.3 Å². The number of hydrogen-bond donors (Lipinski definition) is 1. The average Bonchev–Trinajstić information content (AvgIpc) is 2.27. The summed E-state index contributed by atoms with van der Waals surface area (Å²) in [4.78, 5) is 12.6. The highest BCUT2D eigenvalue weighted by atomic mass is 32.2. The molecule has 1 N–H and O–H groups in total. The maximum absolute atomic E-state index is 11.4. The first-order chi connectivity index (χ1) is 7.59. The van der Waals surface area contributed by atoms with Crippen molar-refractivity contribution in [2.45, 2.75) is 30.9 Å². The molecule has 1 aromatic rings. The second-order valence-corrected chi connectivity index (χ2v) is 5.65. The van der Waals surface area contributed by atoms with Crippen LogP contribution < -0.4 is 5.32 Å². The first-order valence-electron chi connectivity index (χ1n) is 5.59. The minimum absolute atomic E-state index is 0.0638. The molecule has 1 rings (SSSR count). The summed E-state index contributed by atoms with van der Waals surface area (Å²) in [7, 11) is 0. The smallest absolute Gasteiger partial charge is 0.222 e. The van der Waals surface area contributed by atoms with Gasteiger partial charge in [0, 0.05) is 22.6 Å². The van der Waals surface area contributed by atoms with Gasteiger partial charge in [-0.15, -0.1) is 11.8 Å². The maximum atomic E-state index is 11.4. The van der Waals surface area contributed by atoms with Crippen LogP contribution in [0, 0.1) is 5.92 Å². The molecule has 3 heteroatoms. The van der Waals surface area contributed by atoms with Gasteiger partial charge in [0.05, 0.1) is 0 Å². The van der Waals surface area contributed by atoms with Crippen molar-refractivity contribution in [1.82, 2.24) is 5.32 Å². The van der Waals surface area contributed by atoms with Crippen LogP contribution in [0.2, 0.25) is 0 Å². The first kappa shape index (κ1) is 13.1. The zero-order chi connectivity index (χ0) is 12.0. The third-order valence-electron chi connectivity index (χ3n) is 2.17. The molecule has 1 aromatic carbocycles. The van der Waals surface area contributed by atoms with Crippen molar-refractivity contribution in [2.75, 3.05) is 6.54 Å². The topological polar surface area (TPSA) is 29.1 Å². The largest absolute Gasteiger partial charge is 0.355 e. The van der Waals surface area contributed by atoms with Crippen LogP contribution in [0.1, 0.15) is 20.8 Å². The monoisotopic (exact) mass is 237 g/mol. The molecule has 0 radical (unpaired) electrons. The Bertz CT molecular complexity index is 324. The molecule has 0 aliphatic rings. The highest BCUT2D eigenvalue weighted by Gasteiger charge is 2.09. The third-order valence-corrected chi connectivity index (χ3v) is 3.28. The van der Waals surface area contributed by atoms with Gasteiger partial charge < -0.3 is 5.32 Å². The minimum Gasteiger partial charge on any atom is -0.355 e. The highest BCUT2D eigenvalue weighted by Crippen LogP contribution is 2.21. The summed E-state index contributed by atoms with van der Waals surface area (Å²) in [6.45, 7) is 6.66. The van der Waals surface area contributed by atoms with Crippen LogP contribution in [0.4, 0.5) is 0 Å². The molecular weight excluding hydrogens is 218 g/mol. The summed E-state index contributed by atoms with van der Waals surface area (Å²) in [5.41, 5.74) is 0. The molecule has 0 saturated heterocycles. The second kappa shape index (κ2) is 6.59. The molecule has 88 valence electrons. The third kappa shape index (κ3) is 4.71. The van der Waals surface area contributed by atoms with E-state index in [1.807, 2.05) is 32.0 Å². The standard InChI is InChI=1S/C13H19NOS/c1-10(2)13(15)14-9-11(3)16-12-7-5-4-6-8-12/h4-8,10-11H,9H2,1-3H3,(H,14,15)/t11-/m1/s1. The molecule has 1 atom stereocenters. The lowest BCUT2D eigenvalue weighted by Gasteiger charge is -2.13. The first-order valence-corrected chi connectivity index (χ1v) is 6.47. The minimum atomic E-state index is 0.0638. The van der Waals surface area contributed by atoms with E-state index in [-0.39, 0.29) is 11.8 Å². The van der Waals surface area contributed by atoms with E-state index < -0.39 is 0 Å². The molecule has 0 unspecified atom stereocenters. The van der Waals surface area contributed by atoms with E-state index in [0.717, 1.165) is 6.54 Å². The summed E-state index contributed by atoms with van der Waals surface area (Å²) in [5.74, 6) is 0.189. The lowest BCUT2D eigenvalue weighted by atomic mass is 10.2. The SMILES string of the molecule is CC(C)C(=O)NC[C@@H](C)Sc1ccccc1. The van der Waals surface area contributed by atoms with Crippen molar-refractivity contribution in [3.8, 4) is 0 Å². The molecule has 16 heavy (non-hydrogen) atoms. The molecule has 0 aliphatic heterocycles. The molecule has 0 bridgehead atoms. The molecule has 2 nitrogen and oxygen atoms in total. The highest BCUT2D eigenvalue weighted by molar-refractivity contribution is 8.00. The summed E-state index contributed by atoms with van der Waals surface area (Å²) in [6.07, 6.45) is 0. The van der Waals surface area contributed by atoms with Gasteiger partial charge in [-0.25, -0.2) is 0 Å². The Morgan fingerprint density at radius 1 is 1.25 bits per heavy atom. The fourth-order valence-electron chi connectivity index (χ4n) is 1.22. The average molecular weight is 237 g/mol. The summed E-state index contributed by atoms with van der Waals surface area (Å²) in [5, 5.41) is 3.34. The van der Waals surface area contributed by atoms with Gasteiger partial charge in [-0.2, -0.15) is 0 Å². The number of benzene rings is 1. The molecule has 0 aromatic heterocycles. The number of nitrogens with one attached hydrogen (secondary N) is 1. The fraction of sp³-hybridized carbons (Fsp3) is 0.462. The summed E-state index contributed by atoms with van der Waals surface area (Å²) >= 11 is 1.78. The Hall–Kier alpha value is -0.960. The van der Waals surface area contributed by atoms with E-state index in [1.54, 1.807) is 11.8 Å². The second-order valence-electron chi connectivity index (χ2n) is 4.14. The summed E-state index contributed by atoms with van der Waals surface area (Å²) in [6, 6.07) is 10.2. The van der Waals surface area contributed by atoms with Gasteiger partial charge in [0.15, 0.2) is 0 Å². The van der Waals surface area contributed by atoms with Crippen LogP contribution in [0.3, 0.4) is 0 Å². The molecule has 0 heterocycles. The van der Waals surface area contributed by atoms with Gasteiger partial charge >= 0.3 is 0 Å². The van der Waals surface area contributed by atoms with Gasteiger partial charge in [-0.3, -0.25) is 4.79 Å². The number of thioether (sulfide) groups is 1. The number of amides is 1. The Morgan fingerprint density at radius 3 is 2.44 bits per heavy atom. The van der Waals surface area contributed by atoms with E-state index in [9.17, 15) is 4.79 Å². The Balaban J connectivity index is 2.31. The van der Waals surface area contributed by atoms with E-state index in [0.29, 0.717) is 5.25 Å². The van der Waals surface area contributed by atoms with Gasteiger partial charge in [0.25, 0.3) is 0 Å². The predicted molar refractivity (Wildman–Crippen MR) is 69.6 cm³/mol.